The minimum Gasteiger partial charge on any atom is -0.313 e. The van der Waals surface area contributed by atoms with Crippen LogP contribution in [0.15, 0.2) is 34.6 Å². The third kappa shape index (κ3) is 8.33. The fourth-order valence-corrected chi connectivity index (χ4v) is 2.20. The smallest absolute Gasteiger partial charge is 0.313 e. The summed E-state index contributed by atoms with van der Waals surface area (Å²) in [5.74, 6) is 0. The standard InChI is InChI=1S/C21H32N4O4/c1-8-14(3)24-28-19(26)22-16(5)17-11-10-12-18(13-17)21(6,7)23-20(27)29-25-15(4)9-2/h10-13,16H,8-9H2,1-7H3,(H,22,26)(H,23,27)/b24-14-,25-15+. The van der Waals surface area contributed by atoms with Gasteiger partial charge in [-0.05, 0) is 58.6 Å². The Balaban J connectivity index is 2.81. The molecule has 0 saturated heterocycles. The van der Waals surface area contributed by atoms with E-state index in [9.17, 15) is 9.59 Å². The zero-order valence-electron chi connectivity index (χ0n) is 18.3. The maximum Gasteiger partial charge on any atom is 0.434 e. The summed E-state index contributed by atoms with van der Waals surface area (Å²) in [4.78, 5) is 33.7. The molecule has 0 saturated carbocycles. The Morgan fingerprint density at radius 2 is 1.59 bits per heavy atom. The van der Waals surface area contributed by atoms with Crippen molar-refractivity contribution in [2.24, 2.45) is 10.3 Å². The van der Waals surface area contributed by atoms with E-state index in [1.165, 1.54) is 0 Å². The molecule has 160 valence electrons. The molecule has 0 fully saturated rings. The molecule has 8 nitrogen and oxygen atoms in total. The molecule has 1 rings (SSSR count). The number of rotatable bonds is 8. The highest BCUT2D eigenvalue weighted by molar-refractivity contribution is 5.82. The molecule has 0 radical (unpaired) electrons. The van der Waals surface area contributed by atoms with Crippen LogP contribution in [0.5, 0.6) is 0 Å². The second kappa shape index (κ2) is 11.2. The third-order valence-corrected chi connectivity index (χ3v) is 4.45. The quantitative estimate of drug-likeness (QED) is 0.361. The van der Waals surface area contributed by atoms with E-state index in [0.29, 0.717) is 12.8 Å². The Bertz CT molecular complexity index is 772. The number of nitrogens with one attached hydrogen (secondary N) is 2. The van der Waals surface area contributed by atoms with Crippen LogP contribution < -0.4 is 10.6 Å². The summed E-state index contributed by atoms with van der Waals surface area (Å²) in [5, 5.41) is 13.1. The van der Waals surface area contributed by atoms with Crippen LogP contribution in [-0.4, -0.2) is 23.6 Å². The predicted molar refractivity (Wildman–Crippen MR) is 114 cm³/mol. The first-order valence-electron chi connectivity index (χ1n) is 9.73. The average Bonchev–Trinajstić information content (AvgIpc) is 2.69. The van der Waals surface area contributed by atoms with Crippen molar-refractivity contribution in [2.45, 2.75) is 72.9 Å². The summed E-state index contributed by atoms with van der Waals surface area (Å²) in [6.45, 7) is 13.0. The van der Waals surface area contributed by atoms with Gasteiger partial charge in [0.1, 0.15) is 0 Å². The van der Waals surface area contributed by atoms with Crippen LogP contribution >= 0.6 is 0 Å². The van der Waals surface area contributed by atoms with E-state index in [0.717, 1.165) is 22.6 Å². The SMILES string of the molecule is CC/C(C)=N\OC(=O)NC(C)c1cccc(C(C)(C)NC(=O)O/N=C(\C)CC)c1. The van der Waals surface area contributed by atoms with Gasteiger partial charge in [-0.25, -0.2) is 9.59 Å². The fourth-order valence-electron chi connectivity index (χ4n) is 2.20. The molecule has 0 aliphatic heterocycles. The number of hydrogen-bond acceptors (Lipinski definition) is 6. The molecule has 1 atom stereocenters. The van der Waals surface area contributed by atoms with Crippen molar-refractivity contribution in [1.29, 1.82) is 0 Å². The van der Waals surface area contributed by atoms with Gasteiger partial charge >= 0.3 is 12.2 Å². The van der Waals surface area contributed by atoms with Gasteiger partial charge in [-0.15, -0.1) is 0 Å². The summed E-state index contributed by atoms with van der Waals surface area (Å²) >= 11 is 0. The molecule has 1 aromatic carbocycles. The summed E-state index contributed by atoms with van der Waals surface area (Å²) in [6.07, 6.45) is 0.154. The van der Waals surface area contributed by atoms with Gasteiger partial charge in [0.05, 0.1) is 23.0 Å². The molecule has 8 heteroatoms. The van der Waals surface area contributed by atoms with Gasteiger partial charge in [-0.3, -0.25) is 9.68 Å². The monoisotopic (exact) mass is 404 g/mol. The van der Waals surface area contributed by atoms with Gasteiger partial charge in [-0.1, -0.05) is 48.4 Å². The number of carbonyl (C=O) groups excluding carboxylic acids is 2. The molecule has 1 unspecified atom stereocenters. The molecule has 2 N–H and O–H groups in total. The topological polar surface area (TPSA) is 101 Å². The lowest BCUT2D eigenvalue weighted by Gasteiger charge is -2.27. The summed E-state index contributed by atoms with van der Waals surface area (Å²) in [7, 11) is 0. The number of benzene rings is 1. The summed E-state index contributed by atoms with van der Waals surface area (Å²) < 4.78 is 0. The molecular formula is C21H32N4O4. The van der Waals surface area contributed by atoms with Crippen molar-refractivity contribution in [1.82, 2.24) is 10.6 Å². The zero-order chi connectivity index (χ0) is 22.0. The third-order valence-electron chi connectivity index (χ3n) is 4.45. The van der Waals surface area contributed by atoms with Crippen LogP contribution in [0.4, 0.5) is 9.59 Å². The Hall–Kier alpha value is -2.90. The van der Waals surface area contributed by atoms with E-state index in [2.05, 4.69) is 20.9 Å². The van der Waals surface area contributed by atoms with Crippen LogP contribution in [0.1, 0.15) is 78.5 Å². The van der Waals surface area contributed by atoms with Crippen LogP contribution in [0.3, 0.4) is 0 Å². The van der Waals surface area contributed by atoms with Crippen molar-refractivity contribution in [2.75, 3.05) is 0 Å². The summed E-state index contributed by atoms with van der Waals surface area (Å²) in [5.41, 5.74) is 2.47. The van der Waals surface area contributed by atoms with Crippen molar-refractivity contribution >= 4 is 23.6 Å². The first-order valence-corrected chi connectivity index (χ1v) is 9.73. The van der Waals surface area contributed by atoms with Crippen molar-refractivity contribution < 1.29 is 19.3 Å². The lowest BCUT2D eigenvalue weighted by atomic mass is 9.92. The van der Waals surface area contributed by atoms with Gasteiger partial charge < -0.3 is 10.6 Å². The van der Waals surface area contributed by atoms with Crippen molar-refractivity contribution in [3.63, 3.8) is 0 Å². The Kier molecular flexibility index (Phi) is 9.31. The molecule has 29 heavy (non-hydrogen) atoms. The van der Waals surface area contributed by atoms with Crippen LogP contribution in [0, 0.1) is 0 Å². The van der Waals surface area contributed by atoms with E-state index in [1.54, 1.807) is 13.8 Å². The van der Waals surface area contributed by atoms with E-state index in [1.807, 2.05) is 58.9 Å². The number of oxime groups is 2. The molecule has 0 spiro atoms. The van der Waals surface area contributed by atoms with Gasteiger partial charge in [0.25, 0.3) is 0 Å². The molecule has 0 heterocycles. The van der Waals surface area contributed by atoms with E-state index in [4.69, 9.17) is 9.68 Å². The molecule has 0 aromatic heterocycles. The molecule has 2 amide bonds. The Morgan fingerprint density at radius 1 is 1.03 bits per heavy atom. The lowest BCUT2D eigenvalue weighted by Crippen LogP contribution is -2.41. The number of carbonyl (C=O) groups is 2. The van der Waals surface area contributed by atoms with Crippen molar-refractivity contribution in [3.8, 4) is 0 Å². The van der Waals surface area contributed by atoms with E-state index >= 15 is 0 Å². The zero-order valence-corrected chi connectivity index (χ0v) is 18.3. The van der Waals surface area contributed by atoms with E-state index in [-0.39, 0.29) is 6.04 Å². The lowest BCUT2D eigenvalue weighted by molar-refractivity contribution is 0.139. The largest absolute Gasteiger partial charge is 0.434 e. The average molecular weight is 405 g/mol. The van der Waals surface area contributed by atoms with Gasteiger partial charge in [0.2, 0.25) is 0 Å². The molecule has 0 aliphatic rings. The number of nitrogens with zero attached hydrogens (tertiary/aromatic N) is 2. The molecular weight excluding hydrogens is 372 g/mol. The van der Waals surface area contributed by atoms with Crippen molar-refractivity contribution in [3.05, 3.63) is 35.4 Å². The summed E-state index contributed by atoms with van der Waals surface area (Å²) in [6, 6.07) is 7.25. The predicted octanol–water partition coefficient (Wildman–Crippen LogP) is 5.01. The molecule has 0 aliphatic carbocycles. The number of amides is 2. The first kappa shape index (κ1) is 24.1. The van der Waals surface area contributed by atoms with Gasteiger partial charge in [0.15, 0.2) is 0 Å². The highest BCUT2D eigenvalue weighted by Gasteiger charge is 2.25. The highest BCUT2D eigenvalue weighted by Crippen LogP contribution is 2.24. The van der Waals surface area contributed by atoms with Gasteiger partial charge in [0, 0.05) is 0 Å². The Morgan fingerprint density at radius 3 is 2.14 bits per heavy atom. The molecule has 0 bridgehead atoms. The minimum atomic E-state index is -0.703. The minimum absolute atomic E-state index is 0.306. The highest BCUT2D eigenvalue weighted by atomic mass is 16.7. The van der Waals surface area contributed by atoms with Crippen LogP contribution in [-0.2, 0) is 15.2 Å². The van der Waals surface area contributed by atoms with E-state index < -0.39 is 17.7 Å². The molecule has 1 aromatic rings. The number of hydrogen-bond donors (Lipinski definition) is 2. The Labute approximate surface area is 172 Å². The first-order chi connectivity index (χ1) is 13.6. The maximum absolute atomic E-state index is 12.0. The van der Waals surface area contributed by atoms with Crippen LogP contribution in [0.2, 0.25) is 0 Å². The van der Waals surface area contributed by atoms with Gasteiger partial charge in [-0.2, -0.15) is 0 Å². The van der Waals surface area contributed by atoms with Crippen LogP contribution in [0.25, 0.3) is 0 Å². The second-order valence-electron chi connectivity index (χ2n) is 7.36. The normalized spacial score (nSPS) is 13.5. The second-order valence-corrected chi connectivity index (χ2v) is 7.36. The fraction of sp³-hybridized carbons (Fsp3) is 0.524. The maximum atomic E-state index is 12.0.